The zero-order chi connectivity index (χ0) is 17.1. The van der Waals surface area contributed by atoms with Crippen LogP contribution in [-0.2, 0) is 6.54 Å². The van der Waals surface area contributed by atoms with Crippen molar-refractivity contribution >= 4 is 5.69 Å². The number of hydrogen-bond acceptors (Lipinski definition) is 4. The number of rotatable bonds is 4. The largest absolute Gasteiger partial charge is 0.269 e. The fourth-order valence-electron chi connectivity index (χ4n) is 2.28. The second-order valence-corrected chi connectivity index (χ2v) is 5.15. The van der Waals surface area contributed by atoms with Gasteiger partial charge >= 0.3 is 0 Å². The van der Waals surface area contributed by atoms with Gasteiger partial charge in [-0.3, -0.25) is 14.9 Å². The minimum absolute atomic E-state index is 0.0215. The summed E-state index contributed by atoms with van der Waals surface area (Å²) in [5.41, 5.74) is 1.43. The van der Waals surface area contributed by atoms with Crippen LogP contribution in [0.1, 0.15) is 5.56 Å². The van der Waals surface area contributed by atoms with Crippen LogP contribution in [0.15, 0.2) is 65.5 Å². The maximum absolute atomic E-state index is 13.3. The van der Waals surface area contributed by atoms with Gasteiger partial charge in [-0.15, -0.1) is 0 Å². The molecule has 2 aromatic carbocycles. The Morgan fingerprint density at radius 1 is 1.08 bits per heavy atom. The summed E-state index contributed by atoms with van der Waals surface area (Å²) in [7, 11) is 0. The number of nitrogens with zero attached hydrogens (tertiary/aromatic N) is 3. The molecule has 6 nitrogen and oxygen atoms in total. The Labute approximate surface area is 136 Å². The molecule has 0 bridgehead atoms. The predicted molar refractivity (Wildman–Crippen MR) is 86.1 cm³/mol. The third kappa shape index (κ3) is 3.35. The van der Waals surface area contributed by atoms with Crippen molar-refractivity contribution in [1.29, 1.82) is 0 Å². The number of non-ortho nitro benzene ring substituents is 1. The van der Waals surface area contributed by atoms with E-state index >= 15 is 0 Å². The van der Waals surface area contributed by atoms with E-state index < -0.39 is 4.92 Å². The first kappa shape index (κ1) is 15.5. The Hall–Kier alpha value is -3.35. The Morgan fingerprint density at radius 2 is 1.83 bits per heavy atom. The number of nitro benzene ring substituents is 1. The molecular weight excluding hydrogens is 313 g/mol. The molecule has 0 N–H and O–H groups in total. The normalized spacial score (nSPS) is 10.5. The maximum Gasteiger partial charge on any atom is 0.269 e. The molecule has 0 radical (unpaired) electrons. The highest BCUT2D eigenvalue weighted by molar-refractivity contribution is 5.60. The number of hydrogen-bond donors (Lipinski definition) is 0. The van der Waals surface area contributed by atoms with Gasteiger partial charge in [0.2, 0.25) is 0 Å². The molecule has 0 aliphatic carbocycles. The van der Waals surface area contributed by atoms with Crippen LogP contribution in [0.25, 0.3) is 11.3 Å². The fourth-order valence-corrected chi connectivity index (χ4v) is 2.28. The Bertz CT molecular complexity index is 952. The van der Waals surface area contributed by atoms with E-state index in [4.69, 9.17) is 0 Å². The molecule has 24 heavy (non-hydrogen) atoms. The lowest BCUT2D eigenvalue weighted by Gasteiger charge is -2.07. The molecule has 1 heterocycles. The summed E-state index contributed by atoms with van der Waals surface area (Å²) in [4.78, 5) is 22.2. The molecule has 0 saturated heterocycles. The van der Waals surface area contributed by atoms with Crippen LogP contribution >= 0.6 is 0 Å². The van der Waals surface area contributed by atoms with Crippen LogP contribution in [-0.4, -0.2) is 14.7 Å². The molecule has 3 aromatic rings. The summed E-state index contributed by atoms with van der Waals surface area (Å²) in [6.07, 6.45) is 0. The van der Waals surface area contributed by atoms with Crippen molar-refractivity contribution in [2.45, 2.75) is 6.54 Å². The first-order valence-corrected chi connectivity index (χ1v) is 7.10. The molecule has 0 aliphatic rings. The van der Waals surface area contributed by atoms with E-state index in [1.165, 1.54) is 35.0 Å². The molecule has 0 spiro atoms. The molecule has 0 fully saturated rings. The van der Waals surface area contributed by atoms with Crippen LogP contribution in [0, 0.1) is 15.9 Å². The zero-order valence-corrected chi connectivity index (χ0v) is 12.4. The molecule has 3 rings (SSSR count). The number of halogens is 1. The first-order chi connectivity index (χ1) is 11.5. The van der Waals surface area contributed by atoms with E-state index in [0.29, 0.717) is 16.8 Å². The third-order valence-corrected chi connectivity index (χ3v) is 3.46. The summed E-state index contributed by atoms with van der Waals surface area (Å²) in [6.45, 7) is 0.136. The average molecular weight is 325 g/mol. The van der Waals surface area contributed by atoms with E-state index in [9.17, 15) is 19.3 Å². The van der Waals surface area contributed by atoms with Gasteiger partial charge in [0.05, 0.1) is 17.2 Å². The van der Waals surface area contributed by atoms with E-state index in [1.807, 2.05) is 0 Å². The molecule has 0 aliphatic heterocycles. The van der Waals surface area contributed by atoms with E-state index in [1.54, 1.807) is 30.3 Å². The van der Waals surface area contributed by atoms with Crippen molar-refractivity contribution in [2.24, 2.45) is 0 Å². The van der Waals surface area contributed by atoms with Gasteiger partial charge in [0, 0.05) is 23.8 Å². The van der Waals surface area contributed by atoms with E-state index in [0.717, 1.165) is 0 Å². The predicted octanol–water partition coefficient (Wildman–Crippen LogP) is 3.01. The average Bonchev–Trinajstić information content (AvgIpc) is 2.57. The molecule has 0 atom stereocenters. The van der Waals surface area contributed by atoms with Gasteiger partial charge in [-0.25, -0.2) is 9.07 Å². The number of nitro groups is 1. The quantitative estimate of drug-likeness (QED) is 0.546. The Morgan fingerprint density at radius 3 is 2.50 bits per heavy atom. The Kier molecular flexibility index (Phi) is 4.15. The summed E-state index contributed by atoms with van der Waals surface area (Å²) in [6, 6.07) is 14.7. The minimum atomic E-state index is -0.484. The topological polar surface area (TPSA) is 78.0 Å². The first-order valence-electron chi connectivity index (χ1n) is 7.10. The second-order valence-electron chi connectivity index (χ2n) is 5.15. The van der Waals surface area contributed by atoms with Crippen molar-refractivity contribution in [3.63, 3.8) is 0 Å². The molecule has 1 aromatic heterocycles. The molecule has 120 valence electrons. The standard InChI is InChI=1S/C17H12FN3O3/c18-14-3-1-2-12(10-14)11-20-17(22)9-8-16(19-20)13-4-6-15(7-5-13)21(23)24/h1-10H,11H2. The highest BCUT2D eigenvalue weighted by Crippen LogP contribution is 2.19. The van der Waals surface area contributed by atoms with Crippen LogP contribution in [0.2, 0.25) is 0 Å². The van der Waals surface area contributed by atoms with Crippen LogP contribution in [0.3, 0.4) is 0 Å². The van der Waals surface area contributed by atoms with Crippen molar-refractivity contribution in [3.8, 4) is 11.3 Å². The van der Waals surface area contributed by atoms with Gasteiger partial charge in [-0.2, -0.15) is 5.10 Å². The van der Waals surface area contributed by atoms with Crippen LogP contribution in [0.5, 0.6) is 0 Å². The van der Waals surface area contributed by atoms with Crippen molar-refractivity contribution in [1.82, 2.24) is 9.78 Å². The van der Waals surface area contributed by atoms with Gasteiger partial charge < -0.3 is 0 Å². The van der Waals surface area contributed by atoms with Crippen LogP contribution in [0.4, 0.5) is 10.1 Å². The molecule has 7 heteroatoms. The number of benzene rings is 2. The zero-order valence-electron chi connectivity index (χ0n) is 12.4. The summed E-state index contributed by atoms with van der Waals surface area (Å²) < 4.78 is 14.5. The lowest BCUT2D eigenvalue weighted by atomic mass is 10.1. The maximum atomic E-state index is 13.3. The Balaban J connectivity index is 1.94. The summed E-state index contributed by atoms with van der Waals surface area (Å²) in [5.74, 6) is -0.382. The molecular formula is C17H12FN3O3. The van der Waals surface area contributed by atoms with Crippen molar-refractivity contribution in [2.75, 3.05) is 0 Å². The highest BCUT2D eigenvalue weighted by Gasteiger charge is 2.08. The monoisotopic (exact) mass is 325 g/mol. The fraction of sp³-hybridized carbons (Fsp3) is 0.0588. The van der Waals surface area contributed by atoms with Crippen LogP contribution < -0.4 is 5.56 Å². The summed E-state index contributed by atoms with van der Waals surface area (Å²) in [5, 5.41) is 14.9. The van der Waals surface area contributed by atoms with Gasteiger partial charge in [0.15, 0.2) is 0 Å². The molecule has 0 unspecified atom stereocenters. The van der Waals surface area contributed by atoms with E-state index in [2.05, 4.69) is 5.10 Å². The molecule has 0 amide bonds. The minimum Gasteiger partial charge on any atom is -0.268 e. The lowest BCUT2D eigenvalue weighted by Crippen LogP contribution is -2.22. The lowest BCUT2D eigenvalue weighted by molar-refractivity contribution is -0.384. The van der Waals surface area contributed by atoms with Gasteiger partial charge in [-0.05, 0) is 35.9 Å². The van der Waals surface area contributed by atoms with Gasteiger partial charge in [0.1, 0.15) is 5.82 Å². The SMILES string of the molecule is O=c1ccc(-c2ccc([N+](=O)[O-])cc2)nn1Cc1cccc(F)c1. The van der Waals surface area contributed by atoms with Gasteiger partial charge in [-0.1, -0.05) is 12.1 Å². The summed E-state index contributed by atoms with van der Waals surface area (Å²) >= 11 is 0. The smallest absolute Gasteiger partial charge is 0.268 e. The molecule has 0 saturated carbocycles. The van der Waals surface area contributed by atoms with Crippen molar-refractivity contribution in [3.05, 3.63) is 92.5 Å². The second kappa shape index (κ2) is 6.41. The third-order valence-electron chi connectivity index (χ3n) is 3.46. The highest BCUT2D eigenvalue weighted by atomic mass is 19.1. The van der Waals surface area contributed by atoms with Crippen molar-refractivity contribution < 1.29 is 9.31 Å². The van der Waals surface area contributed by atoms with Gasteiger partial charge in [0.25, 0.3) is 11.2 Å². The van der Waals surface area contributed by atoms with E-state index in [-0.39, 0.29) is 23.6 Å². The number of aromatic nitrogens is 2.